The van der Waals surface area contributed by atoms with E-state index in [1.807, 2.05) is 0 Å². The van der Waals surface area contributed by atoms with E-state index in [1.165, 1.54) is 32.1 Å². The Hall–Kier alpha value is -2.00. The number of carbonyl (C=O) groups excluding carboxylic acids is 2. The number of rotatable bonds is 21. The van der Waals surface area contributed by atoms with Gasteiger partial charge in [0.15, 0.2) is 0 Å². The summed E-state index contributed by atoms with van der Waals surface area (Å²) < 4.78 is 0. The second-order valence-electron chi connectivity index (χ2n) is 8.46. The van der Waals surface area contributed by atoms with Gasteiger partial charge >= 0.3 is 11.9 Å². The maximum absolute atomic E-state index is 12.4. The van der Waals surface area contributed by atoms with Crippen LogP contribution in [0.2, 0.25) is 0 Å². The van der Waals surface area contributed by atoms with Crippen molar-refractivity contribution >= 4 is 23.6 Å². The fraction of sp³-hybridized carbons (Fsp3) is 0.826. The lowest BCUT2D eigenvalue weighted by atomic mass is 9.92. The van der Waals surface area contributed by atoms with E-state index in [0.29, 0.717) is 25.8 Å². The third kappa shape index (κ3) is 14.1. The largest absolute Gasteiger partial charge is 0.481 e. The first-order valence-corrected chi connectivity index (χ1v) is 12.0. The molecule has 0 fully saturated rings. The number of amides is 1. The van der Waals surface area contributed by atoms with Crippen molar-refractivity contribution in [2.45, 2.75) is 109 Å². The van der Waals surface area contributed by atoms with Crippen molar-refractivity contribution in [1.29, 1.82) is 0 Å². The van der Waals surface area contributed by atoms with E-state index < -0.39 is 41.6 Å². The van der Waals surface area contributed by atoms with Crippen LogP contribution in [0.15, 0.2) is 0 Å². The number of carboxylic acid groups (broad SMARTS) is 2. The van der Waals surface area contributed by atoms with Crippen LogP contribution in [-0.2, 0) is 19.2 Å². The van der Waals surface area contributed by atoms with Crippen molar-refractivity contribution in [1.82, 2.24) is 5.32 Å². The van der Waals surface area contributed by atoms with Crippen LogP contribution in [0.4, 0.5) is 0 Å². The second kappa shape index (κ2) is 18.6. The Kier molecular flexibility index (Phi) is 17.4. The maximum Gasteiger partial charge on any atom is 0.326 e. The van der Waals surface area contributed by atoms with Crippen LogP contribution in [0.3, 0.4) is 0 Å². The van der Waals surface area contributed by atoms with Gasteiger partial charge in [0.2, 0.25) is 5.91 Å². The van der Waals surface area contributed by atoms with Gasteiger partial charge in [-0.05, 0) is 38.6 Å². The van der Waals surface area contributed by atoms with Crippen molar-refractivity contribution in [3.63, 3.8) is 0 Å². The van der Waals surface area contributed by atoms with Crippen molar-refractivity contribution in [3.05, 3.63) is 0 Å². The van der Waals surface area contributed by atoms with E-state index in [0.717, 1.165) is 19.3 Å². The molecule has 0 saturated carbocycles. The second-order valence-corrected chi connectivity index (χ2v) is 8.46. The molecule has 7 N–H and O–H groups in total. The number of ketones is 1. The van der Waals surface area contributed by atoms with Crippen molar-refractivity contribution in [3.8, 4) is 0 Å². The van der Waals surface area contributed by atoms with E-state index in [-0.39, 0.29) is 19.3 Å². The molecule has 0 aliphatic rings. The standard InChI is InChI=1S/C23H43N3O6/c1-2-3-4-5-6-7-8-9-10-14-20(27)17(22(29)30)16-18(25)21(28)26-19(23(31)32)13-11-12-15-24/h17-19H,2-16,24-25H2,1H3,(H,26,28)(H,29,30)(H,31,32)/t17?,18-,19-/m0/s1. The first kappa shape index (κ1) is 30.0. The zero-order valence-corrected chi connectivity index (χ0v) is 19.5. The minimum absolute atomic E-state index is 0.137. The average Bonchev–Trinajstić information content (AvgIpc) is 2.74. The van der Waals surface area contributed by atoms with Gasteiger partial charge in [-0.2, -0.15) is 0 Å². The molecule has 0 saturated heterocycles. The Bertz CT molecular complexity index is 570. The summed E-state index contributed by atoms with van der Waals surface area (Å²) in [5.74, 6) is -5.09. The molecular weight excluding hydrogens is 414 g/mol. The summed E-state index contributed by atoms with van der Waals surface area (Å²) in [6.07, 6.45) is 10.9. The van der Waals surface area contributed by atoms with Crippen LogP contribution < -0.4 is 16.8 Å². The molecule has 0 aromatic rings. The maximum atomic E-state index is 12.4. The molecule has 0 heterocycles. The Labute approximate surface area is 191 Å². The molecule has 3 atom stereocenters. The number of aliphatic carboxylic acids is 2. The summed E-state index contributed by atoms with van der Waals surface area (Å²) in [5.41, 5.74) is 11.2. The number of unbranched alkanes of at least 4 members (excludes halogenated alkanes) is 9. The van der Waals surface area contributed by atoms with Crippen LogP contribution in [-0.4, -0.2) is 52.5 Å². The zero-order valence-electron chi connectivity index (χ0n) is 19.5. The summed E-state index contributed by atoms with van der Waals surface area (Å²) in [6, 6.07) is -2.40. The predicted octanol–water partition coefficient (Wildman–Crippen LogP) is 2.59. The molecule has 1 amide bonds. The van der Waals surface area contributed by atoms with Gasteiger partial charge in [-0.3, -0.25) is 14.4 Å². The zero-order chi connectivity index (χ0) is 24.4. The minimum Gasteiger partial charge on any atom is -0.481 e. The number of carboxylic acids is 2. The highest BCUT2D eigenvalue weighted by Gasteiger charge is 2.31. The molecule has 32 heavy (non-hydrogen) atoms. The van der Waals surface area contributed by atoms with Gasteiger partial charge in [-0.1, -0.05) is 58.3 Å². The molecule has 0 aromatic carbocycles. The van der Waals surface area contributed by atoms with Gasteiger partial charge < -0.3 is 27.0 Å². The monoisotopic (exact) mass is 457 g/mol. The predicted molar refractivity (Wildman–Crippen MR) is 123 cm³/mol. The molecule has 9 nitrogen and oxygen atoms in total. The molecule has 0 aromatic heterocycles. The Balaban J connectivity index is 4.43. The quantitative estimate of drug-likeness (QED) is 0.129. The summed E-state index contributed by atoms with van der Waals surface area (Å²) >= 11 is 0. The van der Waals surface area contributed by atoms with Gasteiger partial charge in [-0.15, -0.1) is 0 Å². The molecule has 1 unspecified atom stereocenters. The number of hydrogen-bond donors (Lipinski definition) is 5. The lowest BCUT2D eigenvalue weighted by Gasteiger charge is -2.20. The smallest absolute Gasteiger partial charge is 0.326 e. The van der Waals surface area contributed by atoms with E-state index in [4.69, 9.17) is 11.5 Å². The van der Waals surface area contributed by atoms with Crippen LogP contribution in [0.1, 0.15) is 96.8 Å². The first-order valence-electron chi connectivity index (χ1n) is 12.0. The van der Waals surface area contributed by atoms with Crippen molar-refractivity contribution < 1.29 is 29.4 Å². The SMILES string of the molecule is CCCCCCCCCCCC(=O)C(C[C@H](N)C(=O)N[C@@H](CCCCN)C(=O)O)C(=O)O. The minimum atomic E-state index is -1.37. The number of nitrogens with two attached hydrogens (primary N) is 2. The molecule has 0 aliphatic heterocycles. The molecule has 0 bridgehead atoms. The van der Waals surface area contributed by atoms with Gasteiger partial charge in [0.25, 0.3) is 0 Å². The highest BCUT2D eigenvalue weighted by molar-refractivity contribution is 5.99. The normalized spacial score (nSPS) is 13.8. The Morgan fingerprint density at radius 3 is 1.88 bits per heavy atom. The van der Waals surface area contributed by atoms with E-state index in [9.17, 15) is 29.4 Å². The van der Waals surface area contributed by atoms with Crippen LogP contribution >= 0.6 is 0 Å². The van der Waals surface area contributed by atoms with E-state index in [1.54, 1.807) is 0 Å². The number of carbonyl (C=O) groups is 4. The number of nitrogens with one attached hydrogen (secondary N) is 1. The molecule has 0 radical (unpaired) electrons. The highest BCUT2D eigenvalue weighted by atomic mass is 16.4. The summed E-state index contributed by atoms with van der Waals surface area (Å²) in [6.45, 7) is 2.60. The summed E-state index contributed by atoms with van der Waals surface area (Å²) in [4.78, 5) is 47.5. The molecule has 0 aliphatic carbocycles. The number of hydrogen-bond acceptors (Lipinski definition) is 6. The van der Waals surface area contributed by atoms with Gasteiger partial charge in [0, 0.05) is 6.42 Å². The molecule has 0 spiro atoms. The topological polar surface area (TPSA) is 173 Å². The van der Waals surface area contributed by atoms with Gasteiger partial charge in [0.05, 0.1) is 6.04 Å². The van der Waals surface area contributed by atoms with Crippen LogP contribution in [0.25, 0.3) is 0 Å². The van der Waals surface area contributed by atoms with Crippen molar-refractivity contribution in [2.75, 3.05) is 6.54 Å². The van der Waals surface area contributed by atoms with Crippen LogP contribution in [0.5, 0.6) is 0 Å². The lowest BCUT2D eigenvalue weighted by Crippen LogP contribution is -2.49. The summed E-state index contributed by atoms with van der Waals surface area (Å²) in [5, 5.41) is 21.0. The molecule has 186 valence electrons. The highest BCUT2D eigenvalue weighted by Crippen LogP contribution is 2.15. The van der Waals surface area contributed by atoms with Gasteiger partial charge in [-0.25, -0.2) is 4.79 Å². The molecule has 0 rings (SSSR count). The van der Waals surface area contributed by atoms with E-state index >= 15 is 0 Å². The first-order chi connectivity index (χ1) is 15.2. The molecule has 9 heteroatoms. The van der Waals surface area contributed by atoms with Gasteiger partial charge in [0.1, 0.15) is 17.7 Å². The Morgan fingerprint density at radius 1 is 0.812 bits per heavy atom. The average molecular weight is 458 g/mol. The fourth-order valence-electron chi connectivity index (χ4n) is 3.54. The summed E-state index contributed by atoms with van der Waals surface area (Å²) in [7, 11) is 0. The third-order valence-corrected chi connectivity index (χ3v) is 5.60. The lowest BCUT2D eigenvalue weighted by molar-refractivity contribution is -0.147. The number of Topliss-reactive ketones (excluding diaryl/α,β-unsaturated/α-hetero) is 1. The Morgan fingerprint density at radius 2 is 1.38 bits per heavy atom. The van der Waals surface area contributed by atoms with Crippen molar-refractivity contribution in [2.24, 2.45) is 17.4 Å². The molecular formula is C23H43N3O6. The fourth-order valence-corrected chi connectivity index (χ4v) is 3.54. The van der Waals surface area contributed by atoms with Crippen LogP contribution in [0, 0.1) is 5.92 Å². The third-order valence-electron chi connectivity index (χ3n) is 5.60. The van der Waals surface area contributed by atoms with E-state index in [2.05, 4.69) is 12.2 Å².